The standard InChI is InChI=1S/C20H26N2O6S2/c1-5-22(6-2)30(25,26)18-12-15(9-10-16(18)27-4)20(24)28-13-19(23)21-14(3)17-8-7-11-29-17/h7-12,14H,5-6,13H2,1-4H3,(H,21,23). The summed E-state index contributed by atoms with van der Waals surface area (Å²) < 4.78 is 37.2. The smallest absolute Gasteiger partial charge is 0.338 e. The third-order valence-electron chi connectivity index (χ3n) is 4.40. The molecule has 0 aliphatic heterocycles. The van der Waals surface area contributed by atoms with Gasteiger partial charge in [-0.1, -0.05) is 19.9 Å². The van der Waals surface area contributed by atoms with E-state index in [0.717, 1.165) is 4.88 Å². The Balaban J connectivity index is 2.11. The number of nitrogens with zero attached hydrogens (tertiary/aromatic N) is 1. The fourth-order valence-electron chi connectivity index (χ4n) is 2.81. The molecule has 0 bridgehead atoms. The van der Waals surface area contributed by atoms with Gasteiger partial charge in [-0.15, -0.1) is 11.3 Å². The molecule has 2 rings (SSSR count). The highest BCUT2D eigenvalue weighted by atomic mass is 32.2. The lowest BCUT2D eigenvalue weighted by atomic mass is 10.2. The molecule has 2 aromatic rings. The van der Waals surface area contributed by atoms with Crippen molar-refractivity contribution in [2.24, 2.45) is 0 Å². The molecule has 0 saturated carbocycles. The summed E-state index contributed by atoms with van der Waals surface area (Å²) in [6, 6.07) is 7.58. The highest BCUT2D eigenvalue weighted by molar-refractivity contribution is 7.89. The molecule has 0 saturated heterocycles. The van der Waals surface area contributed by atoms with Crippen LogP contribution in [0.4, 0.5) is 0 Å². The lowest BCUT2D eigenvalue weighted by molar-refractivity contribution is -0.124. The van der Waals surface area contributed by atoms with Crippen LogP contribution in [0.15, 0.2) is 40.6 Å². The van der Waals surface area contributed by atoms with Crippen molar-refractivity contribution in [2.45, 2.75) is 31.7 Å². The van der Waals surface area contributed by atoms with Crippen molar-refractivity contribution in [3.8, 4) is 5.75 Å². The number of ether oxygens (including phenoxy) is 2. The summed E-state index contributed by atoms with van der Waals surface area (Å²) in [7, 11) is -2.49. The fourth-order valence-corrected chi connectivity index (χ4v) is 5.19. The Hall–Kier alpha value is -2.43. The van der Waals surface area contributed by atoms with E-state index in [4.69, 9.17) is 9.47 Å². The van der Waals surface area contributed by atoms with Crippen molar-refractivity contribution >= 4 is 33.2 Å². The summed E-state index contributed by atoms with van der Waals surface area (Å²) >= 11 is 1.51. The summed E-state index contributed by atoms with van der Waals surface area (Å²) in [6.07, 6.45) is 0. The van der Waals surface area contributed by atoms with Crippen LogP contribution in [0.25, 0.3) is 0 Å². The number of benzene rings is 1. The number of esters is 1. The number of methoxy groups -OCH3 is 1. The van der Waals surface area contributed by atoms with E-state index in [-0.39, 0.29) is 35.3 Å². The molecule has 0 radical (unpaired) electrons. The van der Waals surface area contributed by atoms with Crippen molar-refractivity contribution in [3.05, 3.63) is 46.2 Å². The lowest BCUT2D eigenvalue weighted by Gasteiger charge is -2.20. The molecule has 1 atom stereocenters. The molecule has 1 aromatic carbocycles. The van der Waals surface area contributed by atoms with Gasteiger partial charge in [-0.25, -0.2) is 13.2 Å². The summed E-state index contributed by atoms with van der Waals surface area (Å²) in [5.74, 6) is -1.12. The van der Waals surface area contributed by atoms with Crippen LogP contribution in [0.1, 0.15) is 42.0 Å². The minimum atomic E-state index is -3.85. The molecule has 1 heterocycles. The van der Waals surface area contributed by atoms with E-state index in [0.29, 0.717) is 0 Å². The Kier molecular flexibility index (Phi) is 8.39. The van der Waals surface area contributed by atoms with Gasteiger partial charge in [-0.05, 0) is 36.6 Å². The highest BCUT2D eigenvalue weighted by Gasteiger charge is 2.27. The third kappa shape index (κ3) is 5.59. The topological polar surface area (TPSA) is 102 Å². The number of hydrogen-bond donors (Lipinski definition) is 1. The Morgan fingerprint density at radius 3 is 2.47 bits per heavy atom. The van der Waals surface area contributed by atoms with Crippen molar-refractivity contribution < 1.29 is 27.5 Å². The minimum Gasteiger partial charge on any atom is -0.495 e. The minimum absolute atomic E-state index is 0.0145. The van der Waals surface area contributed by atoms with Gasteiger partial charge in [0.1, 0.15) is 10.6 Å². The molecule has 0 spiro atoms. The molecular weight excluding hydrogens is 428 g/mol. The van der Waals surface area contributed by atoms with Gasteiger partial charge in [0.2, 0.25) is 10.0 Å². The predicted octanol–water partition coefficient (Wildman–Crippen LogP) is 2.82. The Labute approximate surface area is 180 Å². The van der Waals surface area contributed by atoms with Gasteiger partial charge in [-0.2, -0.15) is 4.31 Å². The molecule has 164 valence electrons. The first-order chi connectivity index (χ1) is 14.2. The third-order valence-corrected chi connectivity index (χ3v) is 7.53. The van der Waals surface area contributed by atoms with Crippen LogP contribution in [0.3, 0.4) is 0 Å². The number of nitrogens with one attached hydrogen (secondary N) is 1. The zero-order valence-corrected chi connectivity index (χ0v) is 19.0. The van der Waals surface area contributed by atoms with Crippen LogP contribution in [0.2, 0.25) is 0 Å². The van der Waals surface area contributed by atoms with Crippen LogP contribution < -0.4 is 10.1 Å². The molecule has 8 nitrogen and oxygen atoms in total. The molecule has 0 aliphatic rings. The van der Waals surface area contributed by atoms with Crippen molar-refractivity contribution in [3.63, 3.8) is 0 Å². The Bertz CT molecular complexity index is 969. The Morgan fingerprint density at radius 2 is 1.90 bits per heavy atom. The van der Waals surface area contributed by atoms with Crippen molar-refractivity contribution in [2.75, 3.05) is 26.8 Å². The quantitative estimate of drug-likeness (QED) is 0.554. The zero-order valence-electron chi connectivity index (χ0n) is 17.4. The SMILES string of the molecule is CCN(CC)S(=O)(=O)c1cc(C(=O)OCC(=O)NC(C)c2cccs2)ccc1OC. The maximum Gasteiger partial charge on any atom is 0.338 e. The second kappa shape index (κ2) is 10.6. The molecule has 0 aliphatic carbocycles. The number of thiophene rings is 1. The second-order valence-electron chi connectivity index (χ2n) is 6.34. The number of hydrogen-bond acceptors (Lipinski definition) is 7. The first kappa shape index (κ1) is 23.8. The van der Waals surface area contributed by atoms with E-state index in [1.54, 1.807) is 13.8 Å². The van der Waals surface area contributed by atoms with Gasteiger partial charge in [0.05, 0.1) is 18.7 Å². The molecule has 1 unspecified atom stereocenters. The van der Waals surface area contributed by atoms with Crippen molar-refractivity contribution in [1.29, 1.82) is 0 Å². The average Bonchev–Trinajstić information content (AvgIpc) is 3.27. The summed E-state index contributed by atoms with van der Waals surface area (Å²) in [5, 5.41) is 4.65. The van der Waals surface area contributed by atoms with Gasteiger partial charge >= 0.3 is 5.97 Å². The van der Waals surface area contributed by atoms with Crippen LogP contribution in [0, 0.1) is 0 Å². The number of rotatable bonds is 10. The molecule has 30 heavy (non-hydrogen) atoms. The monoisotopic (exact) mass is 454 g/mol. The number of carbonyl (C=O) groups excluding carboxylic acids is 2. The number of carbonyl (C=O) groups is 2. The van der Waals surface area contributed by atoms with Gasteiger partial charge < -0.3 is 14.8 Å². The average molecular weight is 455 g/mol. The molecule has 10 heteroatoms. The first-order valence-corrected chi connectivity index (χ1v) is 11.7. The van der Waals surface area contributed by atoms with Gasteiger partial charge in [0, 0.05) is 18.0 Å². The van der Waals surface area contributed by atoms with Gasteiger partial charge in [0.25, 0.3) is 5.91 Å². The first-order valence-electron chi connectivity index (χ1n) is 9.42. The largest absolute Gasteiger partial charge is 0.495 e. The van der Waals surface area contributed by atoms with E-state index in [9.17, 15) is 18.0 Å². The molecule has 1 amide bonds. The van der Waals surface area contributed by atoms with Crippen molar-refractivity contribution in [1.82, 2.24) is 9.62 Å². The molecule has 1 aromatic heterocycles. The zero-order chi connectivity index (χ0) is 22.3. The molecule has 1 N–H and O–H groups in total. The van der Waals surface area contributed by atoms with E-state index in [2.05, 4.69) is 5.32 Å². The number of amides is 1. The summed E-state index contributed by atoms with van der Waals surface area (Å²) in [5.41, 5.74) is 0.0145. The summed E-state index contributed by atoms with van der Waals surface area (Å²) in [6.45, 7) is 5.36. The number of sulfonamides is 1. The van der Waals surface area contributed by atoms with Gasteiger partial charge in [-0.3, -0.25) is 4.79 Å². The lowest BCUT2D eigenvalue weighted by Crippen LogP contribution is -2.31. The van der Waals surface area contributed by atoms with Gasteiger partial charge in [0.15, 0.2) is 6.61 Å². The Morgan fingerprint density at radius 1 is 1.20 bits per heavy atom. The normalized spacial score (nSPS) is 12.4. The van der Waals surface area contributed by atoms with E-state index in [1.807, 2.05) is 24.4 Å². The van der Waals surface area contributed by atoms with Crippen LogP contribution >= 0.6 is 11.3 Å². The fraction of sp³-hybridized carbons (Fsp3) is 0.400. The van der Waals surface area contributed by atoms with Crippen LogP contribution in [-0.4, -0.2) is 51.4 Å². The van der Waals surface area contributed by atoms with E-state index >= 15 is 0 Å². The van der Waals surface area contributed by atoms with Crippen LogP contribution in [0.5, 0.6) is 5.75 Å². The molecule has 0 fully saturated rings. The molecular formula is C20H26N2O6S2. The maximum atomic E-state index is 12.9. The van der Waals surface area contributed by atoms with E-state index < -0.39 is 28.5 Å². The second-order valence-corrected chi connectivity index (χ2v) is 9.22. The summed E-state index contributed by atoms with van der Waals surface area (Å²) in [4.78, 5) is 25.3. The predicted molar refractivity (Wildman–Crippen MR) is 114 cm³/mol. The van der Waals surface area contributed by atoms with E-state index in [1.165, 1.54) is 41.0 Å². The maximum absolute atomic E-state index is 12.9. The van der Waals surface area contributed by atoms with Crippen LogP contribution in [-0.2, 0) is 19.6 Å². The highest BCUT2D eigenvalue weighted by Crippen LogP contribution is 2.28.